The largest absolute Gasteiger partial charge is 0.326 e. The van der Waals surface area contributed by atoms with E-state index < -0.39 is 0 Å². The molecule has 0 spiro atoms. The maximum atomic E-state index is 12.4. The van der Waals surface area contributed by atoms with E-state index in [4.69, 9.17) is 34.8 Å². The van der Waals surface area contributed by atoms with Gasteiger partial charge in [-0.1, -0.05) is 46.9 Å². The molecule has 2 N–H and O–H groups in total. The third-order valence-electron chi connectivity index (χ3n) is 4.74. The maximum Gasteiger partial charge on any atom is 0.236 e. The molecular formula is C25H18Cl3N3O2S2. The van der Waals surface area contributed by atoms with E-state index in [1.807, 2.05) is 41.8 Å². The molecule has 0 bridgehead atoms. The Balaban J connectivity index is 1.25. The molecule has 1 aromatic heterocycles. The zero-order chi connectivity index (χ0) is 24.8. The Hall–Kier alpha value is -2.55. The van der Waals surface area contributed by atoms with Gasteiger partial charge in [0.25, 0.3) is 0 Å². The summed E-state index contributed by atoms with van der Waals surface area (Å²) >= 11 is 20.8. The number of aromatic nitrogens is 1. The number of benzene rings is 3. The first-order valence-corrected chi connectivity index (χ1v) is 13.3. The zero-order valence-corrected chi connectivity index (χ0v) is 22.0. The van der Waals surface area contributed by atoms with Crippen LogP contribution in [-0.2, 0) is 16.0 Å². The van der Waals surface area contributed by atoms with Crippen LogP contribution < -0.4 is 10.6 Å². The van der Waals surface area contributed by atoms with Crippen LogP contribution in [0.4, 0.5) is 10.8 Å². The molecule has 0 radical (unpaired) electrons. The van der Waals surface area contributed by atoms with Gasteiger partial charge in [-0.05, 0) is 60.2 Å². The van der Waals surface area contributed by atoms with Gasteiger partial charge in [-0.25, -0.2) is 4.98 Å². The Kier molecular flexibility index (Phi) is 8.70. The predicted octanol–water partition coefficient (Wildman–Crippen LogP) is 7.68. The molecule has 178 valence electrons. The molecule has 1 heterocycles. The molecule has 0 unspecified atom stereocenters. The Labute approximate surface area is 225 Å². The standard InChI is InChI=1S/C25H18Cl3N3O2S2/c26-16-3-1-15(2-4-16)11-23(32)29-18-6-8-19(9-7-18)34-14-24(33)31-25-30-22(13-35-25)20-10-5-17(27)12-21(20)28/h1-10,12-13H,11,14H2,(H,29,32)(H,30,31,33). The average molecular weight is 563 g/mol. The smallest absolute Gasteiger partial charge is 0.236 e. The van der Waals surface area contributed by atoms with Crippen LogP contribution >= 0.6 is 57.9 Å². The van der Waals surface area contributed by atoms with Crippen LogP contribution in [0.25, 0.3) is 11.3 Å². The van der Waals surface area contributed by atoms with Crippen molar-refractivity contribution in [1.82, 2.24) is 4.98 Å². The summed E-state index contributed by atoms with van der Waals surface area (Å²) in [6, 6.07) is 19.7. The van der Waals surface area contributed by atoms with Crippen LogP contribution in [0.2, 0.25) is 15.1 Å². The lowest BCUT2D eigenvalue weighted by Gasteiger charge is -2.07. The Morgan fingerprint density at radius 3 is 2.29 bits per heavy atom. The molecule has 0 aliphatic heterocycles. The molecular weight excluding hydrogens is 545 g/mol. The molecule has 3 aromatic carbocycles. The fourth-order valence-corrected chi connectivity index (χ4v) is 5.14. The topological polar surface area (TPSA) is 71.1 Å². The van der Waals surface area contributed by atoms with Crippen LogP contribution in [0.1, 0.15) is 5.56 Å². The summed E-state index contributed by atoms with van der Waals surface area (Å²) in [6.45, 7) is 0. The number of halogens is 3. The highest BCUT2D eigenvalue weighted by Crippen LogP contribution is 2.32. The fraction of sp³-hybridized carbons (Fsp3) is 0.0800. The molecule has 4 rings (SSSR count). The molecule has 0 saturated heterocycles. The number of rotatable bonds is 8. The van der Waals surface area contributed by atoms with Gasteiger partial charge in [-0.3, -0.25) is 9.59 Å². The SMILES string of the molecule is O=C(Cc1ccc(Cl)cc1)Nc1ccc(SCC(=O)Nc2nc(-c3ccc(Cl)cc3Cl)cs2)cc1. The van der Waals surface area contributed by atoms with Crippen molar-refractivity contribution in [2.45, 2.75) is 11.3 Å². The van der Waals surface area contributed by atoms with E-state index in [2.05, 4.69) is 15.6 Å². The first-order valence-electron chi connectivity index (χ1n) is 10.3. The van der Waals surface area contributed by atoms with Gasteiger partial charge in [0.1, 0.15) is 0 Å². The van der Waals surface area contributed by atoms with Crippen molar-refractivity contribution in [2.75, 3.05) is 16.4 Å². The number of nitrogens with zero attached hydrogens (tertiary/aromatic N) is 1. The number of hydrogen-bond donors (Lipinski definition) is 2. The van der Waals surface area contributed by atoms with E-state index in [0.29, 0.717) is 31.6 Å². The summed E-state index contributed by atoms with van der Waals surface area (Å²) in [6.07, 6.45) is 0.260. The van der Waals surface area contributed by atoms with Crippen molar-refractivity contribution in [2.24, 2.45) is 0 Å². The lowest BCUT2D eigenvalue weighted by molar-refractivity contribution is -0.115. The normalized spacial score (nSPS) is 10.7. The highest BCUT2D eigenvalue weighted by Gasteiger charge is 2.12. The van der Waals surface area contributed by atoms with Gasteiger partial charge in [0.15, 0.2) is 5.13 Å². The van der Waals surface area contributed by atoms with Crippen molar-refractivity contribution in [3.05, 3.63) is 92.7 Å². The molecule has 2 amide bonds. The van der Waals surface area contributed by atoms with Gasteiger partial charge in [-0.15, -0.1) is 23.1 Å². The van der Waals surface area contributed by atoms with E-state index in [9.17, 15) is 9.59 Å². The summed E-state index contributed by atoms with van der Waals surface area (Å²) in [4.78, 5) is 30.0. The second-order valence-corrected chi connectivity index (χ2v) is 10.6. The summed E-state index contributed by atoms with van der Waals surface area (Å²) in [7, 11) is 0. The van der Waals surface area contributed by atoms with E-state index in [1.54, 1.807) is 30.3 Å². The van der Waals surface area contributed by atoms with Crippen molar-refractivity contribution < 1.29 is 9.59 Å². The van der Waals surface area contributed by atoms with E-state index in [0.717, 1.165) is 16.0 Å². The van der Waals surface area contributed by atoms with Crippen LogP contribution in [0, 0.1) is 0 Å². The molecule has 0 aliphatic carbocycles. The Bertz CT molecular complexity index is 1340. The van der Waals surface area contributed by atoms with Gasteiger partial charge in [0.2, 0.25) is 11.8 Å². The highest BCUT2D eigenvalue weighted by molar-refractivity contribution is 8.00. The molecule has 0 fully saturated rings. The van der Waals surface area contributed by atoms with Crippen molar-refractivity contribution in [3.8, 4) is 11.3 Å². The third kappa shape index (κ3) is 7.46. The number of nitrogens with one attached hydrogen (secondary N) is 2. The van der Waals surface area contributed by atoms with Crippen LogP contribution in [0.5, 0.6) is 0 Å². The van der Waals surface area contributed by atoms with Gasteiger partial charge in [0.05, 0.1) is 22.9 Å². The van der Waals surface area contributed by atoms with Gasteiger partial charge in [-0.2, -0.15) is 0 Å². The lowest BCUT2D eigenvalue weighted by atomic mass is 10.1. The third-order valence-corrected chi connectivity index (χ3v) is 7.31. The first kappa shape index (κ1) is 25.5. The fourth-order valence-electron chi connectivity index (χ4n) is 3.08. The van der Waals surface area contributed by atoms with Crippen molar-refractivity contribution >= 4 is 80.5 Å². The minimum absolute atomic E-state index is 0.116. The summed E-state index contributed by atoms with van der Waals surface area (Å²) in [5.41, 5.74) is 3.00. The Morgan fingerprint density at radius 2 is 1.57 bits per heavy atom. The number of hydrogen-bond acceptors (Lipinski definition) is 5. The van der Waals surface area contributed by atoms with E-state index in [1.165, 1.54) is 23.1 Å². The zero-order valence-electron chi connectivity index (χ0n) is 18.1. The average Bonchev–Trinajstić information content (AvgIpc) is 3.28. The quantitative estimate of drug-likeness (QED) is 0.216. The molecule has 0 saturated carbocycles. The predicted molar refractivity (Wildman–Crippen MR) is 147 cm³/mol. The summed E-state index contributed by atoms with van der Waals surface area (Å²) in [5.74, 6) is -0.0629. The lowest BCUT2D eigenvalue weighted by Crippen LogP contribution is -2.14. The van der Waals surface area contributed by atoms with E-state index >= 15 is 0 Å². The number of anilines is 2. The van der Waals surface area contributed by atoms with Crippen LogP contribution in [-0.4, -0.2) is 22.6 Å². The second-order valence-electron chi connectivity index (χ2n) is 7.37. The van der Waals surface area contributed by atoms with Gasteiger partial charge < -0.3 is 10.6 Å². The number of carbonyl (C=O) groups is 2. The molecule has 0 aliphatic rings. The minimum Gasteiger partial charge on any atom is -0.326 e. The maximum absolute atomic E-state index is 12.4. The number of carbonyl (C=O) groups excluding carboxylic acids is 2. The molecule has 0 atom stereocenters. The highest BCUT2D eigenvalue weighted by atomic mass is 35.5. The first-order chi connectivity index (χ1) is 16.9. The number of thiazole rings is 1. The van der Waals surface area contributed by atoms with Crippen molar-refractivity contribution in [1.29, 1.82) is 0 Å². The molecule has 4 aromatic rings. The number of amides is 2. The van der Waals surface area contributed by atoms with Crippen molar-refractivity contribution in [3.63, 3.8) is 0 Å². The van der Waals surface area contributed by atoms with E-state index in [-0.39, 0.29) is 24.0 Å². The number of thioether (sulfide) groups is 1. The Morgan fingerprint density at radius 1 is 0.857 bits per heavy atom. The monoisotopic (exact) mass is 561 g/mol. The summed E-state index contributed by atoms with van der Waals surface area (Å²) < 4.78 is 0. The second kappa shape index (κ2) is 11.9. The molecule has 35 heavy (non-hydrogen) atoms. The molecule has 5 nitrogen and oxygen atoms in total. The van der Waals surface area contributed by atoms with Crippen LogP contribution in [0.15, 0.2) is 77.0 Å². The van der Waals surface area contributed by atoms with Gasteiger partial charge in [0, 0.05) is 31.6 Å². The summed E-state index contributed by atoms with van der Waals surface area (Å²) in [5, 5.41) is 9.69. The van der Waals surface area contributed by atoms with Gasteiger partial charge >= 0.3 is 0 Å². The molecule has 10 heteroatoms. The minimum atomic E-state index is -0.168. The van der Waals surface area contributed by atoms with Crippen LogP contribution in [0.3, 0.4) is 0 Å².